The predicted octanol–water partition coefficient (Wildman–Crippen LogP) is -2.68. The topological polar surface area (TPSA) is 116 Å². The Morgan fingerprint density at radius 3 is 2.82 bits per heavy atom. The van der Waals surface area contributed by atoms with Crippen LogP contribution in [0.25, 0.3) is 16.2 Å². The summed E-state index contributed by atoms with van der Waals surface area (Å²) in [5.41, 5.74) is 4.67. The second-order valence-corrected chi connectivity index (χ2v) is 7.86. The molecule has 0 bridgehead atoms. The first-order chi connectivity index (χ1) is 12.8. The van der Waals surface area contributed by atoms with Crippen LogP contribution in [0, 0.1) is 5.82 Å². The Morgan fingerprint density at radius 2 is 2.25 bits per heavy atom. The number of carbonyl (C=O) groups is 1. The van der Waals surface area contributed by atoms with Crippen molar-refractivity contribution in [3.05, 3.63) is 45.4 Å². The number of carboxylic acids is 1. The summed E-state index contributed by atoms with van der Waals surface area (Å²) in [5.74, 6) is -1.87. The number of rotatable bonds is 3. The molecule has 0 spiro atoms. The molecule has 0 radical (unpaired) electrons. The minimum atomic E-state index is -1.39. The van der Waals surface area contributed by atoms with Gasteiger partial charge >= 0.3 is 5.97 Å². The van der Waals surface area contributed by atoms with E-state index in [2.05, 4.69) is 9.97 Å². The lowest BCUT2D eigenvalue weighted by Crippen LogP contribution is -3.06. The number of halogens is 2. The first kappa shape index (κ1) is 20.3. The molecule has 3 aromatic rings. The van der Waals surface area contributed by atoms with Gasteiger partial charge in [0.05, 0.1) is 17.5 Å². The van der Waals surface area contributed by atoms with E-state index in [9.17, 15) is 19.1 Å². The van der Waals surface area contributed by atoms with Crippen molar-refractivity contribution in [3.63, 3.8) is 0 Å². The number of nitrogens with zero attached hydrogens (tertiary/aromatic N) is 3. The van der Waals surface area contributed by atoms with Crippen molar-refractivity contribution in [2.45, 2.75) is 18.9 Å². The van der Waals surface area contributed by atoms with Crippen LogP contribution in [-0.4, -0.2) is 44.2 Å². The lowest BCUT2D eigenvalue weighted by atomic mass is 10.0. The Bertz CT molecular complexity index is 1120. The van der Waals surface area contributed by atoms with Crippen molar-refractivity contribution in [2.75, 3.05) is 13.1 Å². The fourth-order valence-electron chi connectivity index (χ4n) is 3.41. The van der Waals surface area contributed by atoms with Gasteiger partial charge < -0.3 is 23.2 Å². The molecule has 148 valence electrons. The Morgan fingerprint density at radius 1 is 1.50 bits per heavy atom. The molecule has 4 heterocycles. The Balaban J connectivity index is 0.00000225. The number of fused-ring (bicyclic) bond motifs is 1. The summed E-state index contributed by atoms with van der Waals surface area (Å²) in [6, 6.07) is 1.07. The van der Waals surface area contributed by atoms with Crippen LogP contribution < -0.4 is 28.5 Å². The van der Waals surface area contributed by atoms with E-state index in [0.29, 0.717) is 18.2 Å². The molecule has 0 aromatic carbocycles. The zero-order valence-corrected chi connectivity index (χ0v) is 16.4. The molecule has 28 heavy (non-hydrogen) atoms. The van der Waals surface area contributed by atoms with E-state index in [1.54, 1.807) is 11.6 Å². The van der Waals surface area contributed by atoms with Gasteiger partial charge in [0.2, 0.25) is 11.2 Å². The summed E-state index contributed by atoms with van der Waals surface area (Å²) in [6.07, 6.45) is 3.46. The highest BCUT2D eigenvalue weighted by Crippen LogP contribution is 2.21. The third kappa shape index (κ3) is 3.39. The van der Waals surface area contributed by atoms with E-state index in [-0.39, 0.29) is 29.3 Å². The second kappa shape index (κ2) is 7.21. The van der Waals surface area contributed by atoms with Gasteiger partial charge in [-0.05, 0) is 13.0 Å². The number of nitrogens with one attached hydrogen (secondary N) is 1. The van der Waals surface area contributed by atoms with E-state index in [4.69, 9.17) is 5.73 Å². The maximum absolute atomic E-state index is 14.8. The largest absolute Gasteiger partial charge is 1.00 e. The Labute approximate surface area is 168 Å². The standard InChI is InChI=1S/C17H16FN5O3S.ClH/c1-17(19)2-4-22(8-17)14-11(18)6-9-12(24)10(15(25)26)7-23(13(9)21-14)16-20-3-5-27-16;/h3,5-7H,2,4,8,19H2,1H3,(H,25,26);1H. The molecule has 0 saturated carbocycles. The average Bonchev–Trinajstić information content (AvgIpc) is 3.24. The highest BCUT2D eigenvalue weighted by molar-refractivity contribution is 7.12. The minimum absolute atomic E-state index is 0. The lowest BCUT2D eigenvalue weighted by molar-refractivity contribution is -0.823. The summed E-state index contributed by atoms with van der Waals surface area (Å²) >= 11 is 1.26. The molecule has 8 nitrogen and oxygen atoms in total. The normalized spacial score (nSPS) is 21.6. The van der Waals surface area contributed by atoms with E-state index >= 15 is 0 Å². The molecule has 4 rings (SSSR count). The number of aromatic carboxylic acids is 1. The Kier molecular flexibility index (Phi) is 5.24. The molecule has 0 aliphatic carbocycles. The summed E-state index contributed by atoms with van der Waals surface area (Å²) in [7, 11) is 0. The number of aromatic nitrogens is 3. The zero-order valence-electron chi connectivity index (χ0n) is 14.8. The SMILES string of the molecule is CC1(N)CC[NH+](c2nc3c(cc2F)c(=O)c(C(=O)O)cn3-c2nccs2)C1.[Cl-]. The van der Waals surface area contributed by atoms with E-state index in [1.165, 1.54) is 22.1 Å². The van der Waals surface area contributed by atoms with Gasteiger partial charge in [-0.15, -0.1) is 11.3 Å². The third-order valence-electron chi connectivity index (χ3n) is 4.74. The lowest BCUT2D eigenvalue weighted by Gasteiger charge is -2.17. The summed E-state index contributed by atoms with van der Waals surface area (Å²) in [5, 5.41) is 11.4. The highest BCUT2D eigenvalue weighted by atomic mass is 35.5. The van der Waals surface area contributed by atoms with Crippen molar-refractivity contribution in [3.8, 4) is 5.13 Å². The quantitative estimate of drug-likeness (QED) is 0.421. The second-order valence-electron chi connectivity index (χ2n) is 6.99. The summed E-state index contributed by atoms with van der Waals surface area (Å²) in [6.45, 7) is 3.04. The molecule has 2 unspecified atom stereocenters. The zero-order chi connectivity index (χ0) is 19.3. The third-order valence-corrected chi connectivity index (χ3v) is 5.51. The maximum atomic E-state index is 14.8. The van der Waals surface area contributed by atoms with Crippen LogP contribution in [0.2, 0.25) is 0 Å². The molecule has 0 amide bonds. The molecular formula is C17H17ClFN5O3S. The molecule has 1 aliphatic heterocycles. The number of pyridine rings is 2. The van der Waals surface area contributed by atoms with Gasteiger partial charge in [-0.2, -0.15) is 9.37 Å². The van der Waals surface area contributed by atoms with Crippen molar-refractivity contribution >= 4 is 34.2 Å². The van der Waals surface area contributed by atoms with Gasteiger partial charge in [-0.25, -0.2) is 9.78 Å². The average molecular weight is 426 g/mol. The summed E-state index contributed by atoms with van der Waals surface area (Å²) < 4.78 is 16.2. The monoisotopic (exact) mass is 425 g/mol. The smallest absolute Gasteiger partial charge is 0.341 e. The molecular weight excluding hydrogens is 409 g/mol. The van der Waals surface area contributed by atoms with Gasteiger partial charge in [0.15, 0.2) is 10.8 Å². The first-order valence-corrected chi connectivity index (χ1v) is 9.18. The summed E-state index contributed by atoms with van der Waals surface area (Å²) in [4.78, 5) is 33.4. The van der Waals surface area contributed by atoms with Gasteiger partial charge in [-0.1, -0.05) is 0 Å². The number of nitrogens with two attached hydrogens (primary N) is 1. The molecule has 1 saturated heterocycles. The Hall–Kier alpha value is -2.40. The van der Waals surface area contributed by atoms with E-state index in [0.717, 1.165) is 17.4 Å². The van der Waals surface area contributed by atoms with Crippen LogP contribution in [0.3, 0.4) is 0 Å². The van der Waals surface area contributed by atoms with Gasteiger partial charge in [-0.3, -0.25) is 14.3 Å². The highest BCUT2D eigenvalue weighted by Gasteiger charge is 2.37. The van der Waals surface area contributed by atoms with Crippen LogP contribution in [-0.2, 0) is 0 Å². The van der Waals surface area contributed by atoms with Crippen LogP contribution in [0.5, 0.6) is 0 Å². The van der Waals surface area contributed by atoms with E-state index < -0.39 is 28.3 Å². The molecule has 1 aliphatic rings. The molecule has 11 heteroatoms. The molecule has 4 N–H and O–H groups in total. The number of hydrogen-bond acceptors (Lipinski definition) is 6. The molecule has 3 aromatic heterocycles. The van der Waals surface area contributed by atoms with Crippen molar-refractivity contribution < 1.29 is 31.6 Å². The number of quaternary nitrogens is 1. The molecule has 1 fully saturated rings. The predicted molar refractivity (Wildman–Crippen MR) is 97.5 cm³/mol. The van der Waals surface area contributed by atoms with Crippen LogP contribution in [0.1, 0.15) is 23.7 Å². The first-order valence-electron chi connectivity index (χ1n) is 8.30. The number of carboxylic acid groups (broad SMARTS) is 1. The van der Waals surface area contributed by atoms with Crippen molar-refractivity contribution in [1.29, 1.82) is 0 Å². The fourth-order valence-corrected chi connectivity index (χ4v) is 4.03. The fraction of sp³-hybridized carbons (Fsp3) is 0.294. The van der Waals surface area contributed by atoms with Crippen LogP contribution in [0.4, 0.5) is 10.2 Å². The minimum Gasteiger partial charge on any atom is -1.00 e. The van der Waals surface area contributed by atoms with Crippen LogP contribution in [0.15, 0.2) is 28.6 Å². The number of hydrogen-bond donors (Lipinski definition) is 3. The van der Waals surface area contributed by atoms with Crippen LogP contribution >= 0.6 is 11.3 Å². The molecule has 2 atom stereocenters. The number of thiazole rings is 1. The van der Waals surface area contributed by atoms with Gasteiger partial charge in [0.25, 0.3) is 5.82 Å². The van der Waals surface area contributed by atoms with Gasteiger partial charge in [0, 0.05) is 24.2 Å². The van der Waals surface area contributed by atoms with E-state index in [1.807, 2.05) is 6.92 Å². The van der Waals surface area contributed by atoms with Crippen molar-refractivity contribution in [1.82, 2.24) is 14.5 Å². The maximum Gasteiger partial charge on any atom is 0.341 e. The van der Waals surface area contributed by atoms with Crippen molar-refractivity contribution in [2.24, 2.45) is 5.73 Å². The van der Waals surface area contributed by atoms with Gasteiger partial charge in [0.1, 0.15) is 12.1 Å².